The summed E-state index contributed by atoms with van der Waals surface area (Å²) in [7, 11) is -3.15. The summed E-state index contributed by atoms with van der Waals surface area (Å²) in [5.74, 6) is 0.801. The molecule has 6 heteroatoms. The molecule has 0 unspecified atom stereocenters. The second-order valence-corrected chi connectivity index (χ2v) is 7.79. The van der Waals surface area contributed by atoms with E-state index in [0.717, 1.165) is 23.3 Å². The van der Waals surface area contributed by atoms with Crippen LogP contribution in [-0.2, 0) is 22.9 Å². The predicted octanol–water partition coefficient (Wildman–Crippen LogP) is 3.06. The lowest BCUT2D eigenvalue weighted by molar-refractivity contribution is 0.312. The van der Waals surface area contributed by atoms with Crippen LogP contribution >= 0.6 is 0 Å². The summed E-state index contributed by atoms with van der Waals surface area (Å²) < 4.78 is 28.5. The van der Waals surface area contributed by atoms with Crippen molar-refractivity contribution in [3.8, 4) is 11.8 Å². The van der Waals surface area contributed by atoms with Gasteiger partial charge in [-0.25, -0.2) is 8.42 Å². The van der Waals surface area contributed by atoms with Crippen LogP contribution in [-0.4, -0.2) is 21.3 Å². The van der Waals surface area contributed by atoms with Crippen molar-refractivity contribution in [2.75, 3.05) is 12.9 Å². The molecule has 0 spiro atoms. The molecule has 0 saturated heterocycles. The fourth-order valence-electron chi connectivity index (χ4n) is 2.29. The Labute approximate surface area is 149 Å². The molecular weight excluding hydrogens is 336 g/mol. The van der Waals surface area contributed by atoms with Gasteiger partial charge in [0.05, 0.1) is 17.6 Å². The third kappa shape index (κ3) is 6.57. The zero-order valence-electron chi connectivity index (χ0n) is 14.2. The Hall–Kier alpha value is -2.36. The van der Waals surface area contributed by atoms with E-state index in [1.165, 1.54) is 6.26 Å². The van der Waals surface area contributed by atoms with Crippen LogP contribution < -0.4 is 10.1 Å². The number of nitriles is 1. The van der Waals surface area contributed by atoms with Crippen molar-refractivity contribution in [1.29, 1.82) is 5.26 Å². The third-order valence-electron chi connectivity index (χ3n) is 3.61. The molecule has 0 bridgehead atoms. The lowest BCUT2D eigenvalue weighted by Crippen LogP contribution is -2.12. The average molecular weight is 358 g/mol. The van der Waals surface area contributed by atoms with Crippen molar-refractivity contribution in [3.05, 3.63) is 59.7 Å². The van der Waals surface area contributed by atoms with Gasteiger partial charge in [0.2, 0.25) is 0 Å². The minimum Gasteiger partial charge on any atom is -0.494 e. The number of hydrogen-bond acceptors (Lipinski definition) is 5. The number of unbranched alkanes of at least 4 members (excludes halogenated alkanes) is 1. The first-order chi connectivity index (χ1) is 12.0. The van der Waals surface area contributed by atoms with E-state index in [9.17, 15) is 8.42 Å². The largest absolute Gasteiger partial charge is 0.494 e. The minimum atomic E-state index is -3.15. The van der Waals surface area contributed by atoms with E-state index in [-0.39, 0.29) is 0 Å². The molecule has 2 aromatic carbocycles. The normalized spacial score (nSPS) is 11.0. The summed E-state index contributed by atoms with van der Waals surface area (Å²) in [4.78, 5) is 0.331. The molecule has 0 heterocycles. The maximum atomic E-state index is 11.4. The van der Waals surface area contributed by atoms with Crippen molar-refractivity contribution in [2.45, 2.75) is 30.8 Å². The number of hydrogen-bond donors (Lipinski definition) is 1. The molecule has 132 valence electrons. The van der Waals surface area contributed by atoms with Crippen LogP contribution in [0.2, 0.25) is 0 Å². The molecule has 2 aromatic rings. The van der Waals surface area contributed by atoms with Gasteiger partial charge >= 0.3 is 0 Å². The second-order valence-electron chi connectivity index (χ2n) is 5.78. The molecular formula is C19H22N2O3S. The minimum absolute atomic E-state index is 0.331. The zero-order valence-corrected chi connectivity index (χ0v) is 15.1. The van der Waals surface area contributed by atoms with Gasteiger partial charge in [-0.3, -0.25) is 0 Å². The van der Waals surface area contributed by atoms with Crippen LogP contribution in [0.4, 0.5) is 0 Å². The molecule has 0 aliphatic carbocycles. The van der Waals surface area contributed by atoms with E-state index in [4.69, 9.17) is 10.00 Å². The van der Waals surface area contributed by atoms with Crippen molar-refractivity contribution in [1.82, 2.24) is 5.32 Å². The predicted molar refractivity (Wildman–Crippen MR) is 96.9 cm³/mol. The van der Waals surface area contributed by atoms with Crippen molar-refractivity contribution < 1.29 is 13.2 Å². The van der Waals surface area contributed by atoms with Crippen LogP contribution in [0.3, 0.4) is 0 Å². The van der Waals surface area contributed by atoms with E-state index in [0.29, 0.717) is 31.0 Å². The Morgan fingerprint density at radius 2 is 1.80 bits per heavy atom. The summed E-state index contributed by atoms with van der Waals surface area (Å²) in [6.07, 6.45) is 2.43. The van der Waals surface area contributed by atoms with Gasteiger partial charge < -0.3 is 10.1 Å². The second kappa shape index (κ2) is 9.21. The summed E-state index contributed by atoms with van der Waals surface area (Å²) in [5.41, 5.74) is 2.13. The number of rotatable bonds is 9. The van der Waals surface area contributed by atoms with Crippen LogP contribution in [0.15, 0.2) is 53.4 Å². The Bertz CT molecular complexity index is 824. The van der Waals surface area contributed by atoms with Gasteiger partial charge in [-0.2, -0.15) is 5.26 Å². The molecule has 0 saturated carbocycles. The van der Waals surface area contributed by atoms with Crippen LogP contribution in [0.25, 0.3) is 0 Å². The average Bonchev–Trinajstić information content (AvgIpc) is 2.59. The van der Waals surface area contributed by atoms with Crippen LogP contribution in [0.1, 0.15) is 24.0 Å². The molecule has 25 heavy (non-hydrogen) atoms. The Kier molecular flexibility index (Phi) is 6.99. The van der Waals surface area contributed by atoms with Gasteiger partial charge in [-0.1, -0.05) is 24.3 Å². The summed E-state index contributed by atoms with van der Waals surface area (Å²) in [6.45, 7) is 1.87. The van der Waals surface area contributed by atoms with Gasteiger partial charge in [-0.05, 0) is 41.8 Å². The number of nitrogens with zero attached hydrogens (tertiary/aromatic N) is 1. The summed E-state index contributed by atoms with van der Waals surface area (Å²) >= 11 is 0. The zero-order chi connectivity index (χ0) is 18.1. The van der Waals surface area contributed by atoms with Gasteiger partial charge in [0, 0.05) is 25.8 Å². The highest BCUT2D eigenvalue weighted by Crippen LogP contribution is 2.14. The molecule has 0 aromatic heterocycles. The quantitative estimate of drug-likeness (QED) is 0.697. The van der Waals surface area contributed by atoms with E-state index in [1.54, 1.807) is 12.1 Å². The molecule has 2 rings (SSSR count). The molecule has 0 radical (unpaired) electrons. The first-order valence-electron chi connectivity index (χ1n) is 8.07. The van der Waals surface area contributed by atoms with E-state index in [2.05, 4.69) is 11.4 Å². The first-order valence-corrected chi connectivity index (χ1v) is 9.96. The fraction of sp³-hybridized carbons (Fsp3) is 0.316. The van der Waals surface area contributed by atoms with Crippen LogP contribution in [0, 0.1) is 11.3 Å². The SMILES string of the molecule is CS(=O)(=O)c1ccc(CNCc2cccc(OCCCC#N)c2)cc1. The Balaban J connectivity index is 1.82. The smallest absolute Gasteiger partial charge is 0.175 e. The number of ether oxygens (including phenoxy) is 1. The maximum Gasteiger partial charge on any atom is 0.175 e. The van der Waals surface area contributed by atoms with Crippen molar-refractivity contribution in [3.63, 3.8) is 0 Å². The molecule has 0 aliphatic heterocycles. The molecule has 1 N–H and O–H groups in total. The Morgan fingerprint density at radius 3 is 2.48 bits per heavy atom. The van der Waals surface area contributed by atoms with E-state index in [1.807, 2.05) is 36.4 Å². The van der Waals surface area contributed by atoms with Gasteiger partial charge in [-0.15, -0.1) is 0 Å². The number of nitrogens with one attached hydrogen (secondary N) is 1. The first kappa shape index (κ1) is 19.0. The maximum absolute atomic E-state index is 11.4. The number of benzene rings is 2. The Morgan fingerprint density at radius 1 is 1.08 bits per heavy atom. The lowest BCUT2D eigenvalue weighted by Gasteiger charge is -2.09. The van der Waals surface area contributed by atoms with E-state index >= 15 is 0 Å². The molecule has 0 atom stereocenters. The van der Waals surface area contributed by atoms with Crippen LogP contribution in [0.5, 0.6) is 5.75 Å². The third-order valence-corrected chi connectivity index (χ3v) is 4.74. The van der Waals surface area contributed by atoms with E-state index < -0.39 is 9.84 Å². The molecule has 5 nitrogen and oxygen atoms in total. The lowest BCUT2D eigenvalue weighted by atomic mass is 10.2. The highest BCUT2D eigenvalue weighted by atomic mass is 32.2. The highest BCUT2D eigenvalue weighted by Gasteiger charge is 2.06. The summed E-state index contributed by atoms with van der Waals surface area (Å²) in [6, 6.07) is 16.8. The van der Waals surface area contributed by atoms with Crippen molar-refractivity contribution in [2.24, 2.45) is 0 Å². The molecule has 0 aliphatic rings. The van der Waals surface area contributed by atoms with Gasteiger partial charge in [0.25, 0.3) is 0 Å². The van der Waals surface area contributed by atoms with Crippen molar-refractivity contribution >= 4 is 9.84 Å². The molecule has 0 amide bonds. The van der Waals surface area contributed by atoms with Gasteiger partial charge in [0.1, 0.15) is 5.75 Å². The standard InChI is InChI=1S/C19H22N2O3S/c1-25(22,23)19-9-7-16(8-10-19)14-21-15-17-5-4-6-18(13-17)24-12-3-2-11-20/h4-10,13,21H,2-3,12,14-15H2,1H3. The number of sulfone groups is 1. The topological polar surface area (TPSA) is 79.2 Å². The molecule has 0 fully saturated rings. The fourth-order valence-corrected chi connectivity index (χ4v) is 2.92. The summed E-state index contributed by atoms with van der Waals surface area (Å²) in [5, 5.41) is 11.8. The highest BCUT2D eigenvalue weighted by molar-refractivity contribution is 7.90. The monoisotopic (exact) mass is 358 g/mol. The van der Waals surface area contributed by atoms with Gasteiger partial charge in [0.15, 0.2) is 9.84 Å².